The fraction of sp³-hybridized carbons (Fsp3) is 0.444. The molecule has 1 aliphatic rings. The van der Waals surface area contributed by atoms with Crippen molar-refractivity contribution >= 4 is 0 Å². The lowest BCUT2D eigenvalue weighted by Crippen LogP contribution is -2.42. The predicted molar refractivity (Wildman–Crippen MR) is 88.3 cm³/mol. The number of rotatable bonds is 6. The number of hydrogen-bond acceptors (Lipinski definition) is 5. The molecule has 0 bridgehead atoms. The van der Waals surface area contributed by atoms with Crippen LogP contribution in [0.4, 0.5) is 4.39 Å². The Labute approximate surface area is 141 Å². The Morgan fingerprint density at radius 2 is 2.29 bits per heavy atom. The first-order chi connectivity index (χ1) is 11.8. The summed E-state index contributed by atoms with van der Waals surface area (Å²) in [5, 5.41) is 0. The summed E-state index contributed by atoms with van der Waals surface area (Å²) >= 11 is 0. The van der Waals surface area contributed by atoms with Gasteiger partial charge in [0, 0.05) is 37.1 Å². The lowest BCUT2D eigenvalue weighted by atomic mass is 10.1. The molecule has 5 nitrogen and oxygen atoms in total. The second-order valence-electron chi connectivity index (χ2n) is 5.89. The van der Waals surface area contributed by atoms with Crippen molar-refractivity contribution in [3.8, 4) is 5.75 Å². The van der Waals surface area contributed by atoms with Crippen LogP contribution in [0.1, 0.15) is 17.7 Å². The fourth-order valence-electron chi connectivity index (χ4n) is 2.98. The third-order valence-electron chi connectivity index (χ3n) is 4.27. The predicted octanol–water partition coefficient (Wildman–Crippen LogP) is 2.46. The molecule has 0 N–H and O–H groups in total. The van der Waals surface area contributed by atoms with Crippen LogP contribution in [-0.4, -0.2) is 47.8 Å². The molecule has 1 aromatic heterocycles. The zero-order valence-electron chi connectivity index (χ0n) is 13.8. The van der Waals surface area contributed by atoms with E-state index in [4.69, 9.17) is 9.47 Å². The monoisotopic (exact) mass is 331 g/mol. The number of nitrogens with zero attached hydrogens (tertiary/aromatic N) is 3. The lowest BCUT2D eigenvalue weighted by molar-refractivity contribution is -0.0351. The lowest BCUT2D eigenvalue weighted by Gasteiger charge is -2.33. The Bertz CT molecular complexity index is 654. The van der Waals surface area contributed by atoms with Crippen LogP contribution in [0.5, 0.6) is 5.75 Å². The first-order valence-corrected chi connectivity index (χ1v) is 8.16. The molecule has 0 spiro atoms. The standard InChI is InChI=1S/C18H22FN3O2/c1-23-18-4-2-3-17(19)16(18)12-22-9-10-24-15(11-22)6-5-14-7-8-20-13-21-14/h2-4,7-8,13,15H,5-6,9-12H2,1H3. The molecule has 2 aromatic rings. The first-order valence-electron chi connectivity index (χ1n) is 8.16. The Morgan fingerprint density at radius 3 is 3.08 bits per heavy atom. The molecule has 0 saturated carbocycles. The largest absolute Gasteiger partial charge is 0.496 e. The van der Waals surface area contributed by atoms with Gasteiger partial charge in [-0.3, -0.25) is 4.90 Å². The number of morpholine rings is 1. The molecular weight excluding hydrogens is 309 g/mol. The third kappa shape index (κ3) is 4.27. The molecule has 1 saturated heterocycles. The van der Waals surface area contributed by atoms with Gasteiger partial charge in [-0.25, -0.2) is 14.4 Å². The van der Waals surface area contributed by atoms with Gasteiger partial charge in [0.1, 0.15) is 17.9 Å². The summed E-state index contributed by atoms with van der Waals surface area (Å²) in [6.45, 7) is 2.76. The van der Waals surface area contributed by atoms with Crippen molar-refractivity contribution in [1.29, 1.82) is 0 Å². The quantitative estimate of drug-likeness (QED) is 0.814. The molecule has 1 unspecified atom stereocenters. The molecule has 1 atom stereocenters. The van der Waals surface area contributed by atoms with Crippen LogP contribution in [-0.2, 0) is 17.7 Å². The molecule has 1 aliphatic heterocycles. The number of hydrogen-bond donors (Lipinski definition) is 0. The zero-order valence-corrected chi connectivity index (χ0v) is 13.8. The van der Waals surface area contributed by atoms with E-state index in [9.17, 15) is 4.39 Å². The smallest absolute Gasteiger partial charge is 0.131 e. The third-order valence-corrected chi connectivity index (χ3v) is 4.27. The highest BCUT2D eigenvalue weighted by Gasteiger charge is 2.22. The van der Waals surface area contributed by atoms with E-state index in [-0.39, 0.29) is 11.9 Å². The number of halogens is 1. The van der Waals surface area contributed by atoms with Gasteiger partial charge in [0.05, 0.1) is 19.8 Å². The number of aromatic nitrogens is 2. The van der Waals surface area contributed by atoms with E-state index in [1.807, 2.05) is 6.07 Å². The average Bonchev–Trinajstić information content (AvgIpc) is 2.63. The Hall–Kier alpha value is -2.05. The van der Waals surface area contributed by atoms with Crippen LogP contribution in [0.25, 0.3) is 0 Å². The SMILES string of the molecule is COc1cccc(F)c1CN1CCOC(CCc2ccncn2)C1. The molecule has 0 aliphatic carbocycles. The van der Waals surface area contributed by atoms with E-state index in [1.165, 1.54) is 6.07 Å². The Morgan fingerprint density at radius 1 is 1.38 bits per heavy atom. The fourth-order valence-corrected chi connectivity index (χ4v) is 2.98. The molecular formula is C18H22FN3O2. The second kappa shape index (κ2) is 8.17. The molecule has 2 heterocycles. The minimum absolute atomic E-state index is 0.131. The summed E-state index contributed by atoms with van der Waals surface area (Å²) in [4.78, 5) is 10.4. The molecule has 24 heavy (non-hydrogen) atoms. The number of methoxy groups -OCH3 is 1. The average molecular weight is 331 g/mol. The highest BCUT2D eigenvalue weighted by molar-refractivity contribution is 5.34. The van der Waals surface area contributed by atoms with Gasteiger partial charge in [-0.05, 0) is 31.0 Å². The Balaban J connectivity index is 1.58. The minimum Gasteiger partial charge on any atom is -0.496 e. The number of ether oxygens (including phenoxy) is 2. The van der Waals surface area contributed by atoms with E-state index in [1.54, 1.807) is 31.8 Å². The molecule has 1 fully saturated rings. The first kappa shape index (κ1) is 16.8. The van der Waals surface area contributed by atoms with Gasteiger partial charge >= 0.3 is 0 Å². The van der Waals surface area contributed by atoms with E-state index < -0.39 is 0 Å². The normalized spacial score (nSPS) is 18.5. The maximum atomic E-state index is 14.1. The van der Waals surface area contributed by atoms with Crippen molar-refractivity contribution < 1.29 is 13.9 Å². The maximum absolute atomic E-state index is 14.1. The second-order valence-corrected chi connectivity index (χ2v) is 5.89. The van der Waals surface area contributed by atoms with Crippen molar-refractivity contribution in [2.45, 2.75) is 25.5 Å². The molecule has 3 rings (SSSR count). The van der Waals surface area contributed by atoms with E-state index >= 15 is 0 Å². The van der Waals surface area contributed by atoms with Crippen LogP contribution in [0, 0.1) is 5.82 Å². The van der Waals surface area contributed by atoms with Crippen LogP contribution >= 0.6 is 0 Å². The number of aryl methyl sites for hydroxylation is 1. The van der Waals surface area contributed by atoms with Crippen molar-refractivity contribution in [3.05, 3.63) is 53.9 Å². The Kier molecular flexibility index (Phi) is 5.72. The van der Waals surface area contributed by atoms with E-state index in [2.05, 4.69) is 14.9 Å². The van der Waals surface area contributed by atoms with Gasteiger partial charge < -0.3 is 9.47 Å². The molecule has 0 amide bonds. The number of benzene rings is 1. The van der Waals surface area contributed by atoms with Crippen molar-refractivity contribution in [2.24, 2.45) is 0 Å². The topological polar surface area (TPSA) is 47.5 Å². The summed E-state index contributed by atoms with van der Waals surface area (Å²) < 4.78 is 25.2. The summed E-state index contributed by atoms with van der Waals surface area (Å²) in [5.74, 6) is 0.373. The van der Waals surface area contributed by atoms with Crippen LogP contribution in [0.15, 0.2) is 36.8 Å². The van der Waals surface area contributed by atoms with Gasteiger partial charge in [-0.15, -0.1) is 0 Å². The molecule has 128 valence electrons. The maximum Gasteiger partial charge on any atom is 0.131 e. The van der Waals surface area contributed by atoms with E-state index in [0.717, 1.165) is 31.6 Å². The molecule has 0 radical (unpaired) electrons. The zero-order chi connectivity index (χ0) is 16.8. The van der Waals surface area contributed by atoms with Gasteiger partial charge in [0.15, 0.2) is 0 Å². The minimum atomic E-state index is -0.224. The van der Waals surface area contributed by atoms with Gasteiger partial charge in [0.2, 0.25) is 0 Å². The van der Waals surface area contributed by atoms with Crippen molar-refractivity contribution in [2.75, 3.05) is 26.8 Å². The van der Waals surface area contributed by atoms with Crippen LogP contribution in [0.3, 0.4) is 0 Å². The highest BCUT2D eigenvalue weighted by Crippen LogP contribution is 2.24. The van der Waals surface area contributed by atoms with Crippen molar-refractivity contribution in [3.63, 3.8) is 0 Å². The van der Waals surface area contributed by atoms with Crippen molar-refractivity contribution in [1.82, 2.24) is 14.9 Å². The van der Waals surface area contributed by atoms with E-state index in [0.29, 0.717) is 24.5 Å². The van der Waals surface area contributed by atoms with Gasteiger partial charge in [-0.1, -0.05) is 6.07 Å². The highest BCUT2D eigenvalue weighted by atomic mass is 19.1. The van der Waals surface area contributed by atoms with Gasteiger partial charge in [-0.2, -0.15) is 0 Å². The van der Waals surface area contributed by atoms with Crippen LogP contribution in [0.2, 0.25) is 0 Å². The van der Waals surface area contributed by atoms with Crippen LogP contribution < -0.4 is 4.74 Å². The summed E-state index contributed by atoms with van der Waals surface area (Å²) in [7, 11) is 1.57. The molecule has 1 aromatic carbocycles. The summed E-state index contributed by atoms with van der Waals surface area (Å²) in [5.41, 5.74) is 1.62. The molecule has 6 heteroatoms. The summed E-state index contributed by atoms with van der Waals surface area (Å²) in [6, 6.07) is 6.86. The summed E-state index contributed by atoms with van der Waals surface area (Å²) in [6.07, 6.45) is 5.19. The van der Waals surface area contributed by atoms with Gasteiger partial charge in [0.25, 0.3) is 0 Å².